The molecule has 2 aromatic rings. The lowest BCUT2D eigenvalue weighted by molar-refractivity contribution is -0.129. The first-order valence-electron chi connectivity index (χ1n) is 5.98. The molecule has 2 nitrogen and oxygen atoms in total. The van der Waals surface area contributed by atoms with Gasteiger partial charge in [-0.15, -0.1) is 0 Å². The lowest BCUT2D eigenvalue weighted by Crippen LogP contribution is -2.26. The summed E-state index contributed by atoms with van der Waals surface area (Å²) in [5, 5.41) is 3.17. The lowest BCUT2D eigenvalue weighted by Gasteiger charge is -2.17. The Balaban J connectivity index is 2.14. The summed E-state index contributed by atoms with van der Waals surface area (Å²) in [4.78, 5) is 13.5. The molecule has 0 aromatic heterocycles. The molecule has 0 aliphatic rings. The molecule has 0 aliphatic carbocycles. The number of carbonyl (C=O) groups excluding carboxylic acids is 1. The highest BCUT2D eigenvalue weighted by molar-refractivity contribution is 9.09. The number of fused-ring (bicyclic) bond motifs is 1. The van der Waals surface area contributed by atoms with Gasteiger partial charge in [-0.1, -0.05) is 52.3 Å². The van der Waals surface area contributed by atoms with E-state index in [9.17, 15) is 4.79 Å². The Hall–Kier alpha value is -1.35. The van der Waals surface area contributed by atoms with E-state index in [-0.39, 0.29) is 5.91 Å². The van der Waals surface area contributed by atoms with Gasteiger partial charge in [0.05, 0.1) is 0 Å². The van der Waals surface area contributed by atoms with Crippen LogP contribution >= 0.6 is 15.9 Å². The molecule has 3 heteroatoms. The molecule has 1 amide bonds. The van der Waals surface area contributed by atoms with Gasteiger partial charge in [-0.2, -0.15) is 0 Å². The largest absolute Gasteiger partial charge is 0.341 e. The smallest absolute Gasteiger partial charge is 0.223 e. The van der Waals surface area contributed by atoms with Crippen molar-refractivity contribution in [3.05, 3.63) is 48.0 Å². The van der Waals surface area contributed by atoms with Crippen molar-refractivity contribution >= 4 is 32.6 Å². The van der Waals surface area contributed by atoms with E-state index in [4.69, 9.17) is 0 Å². The molecule has 2 aromatic carbocycles. The van der Waals surface area contributed by atoms with Crippen LogP contribution in [0.4, 0.5) is 0 Å². The quantitative estimate of drug-likeness (QED) is 0.791. The van der Waals surface area contributed by atoms with Crippen LogP contribution in [0.5, 0.6) is 0 Å². The van der Waals surface area contributed by atoms with Crippen molar-refractivity contribution in [2.45, 2.75) is 13.0 Å². The van der Waals surface area contributed by atoms with Crippen molar-refractivity contribution in [3.63, 3.8) is 0 Å². The van der Waals surface area contributed by atoms with Crippen molar-refractivity contribution in [2.75, 3.05) is 12.4 Å². The highest BCUT2D eigenvalue weighted by Crippen LogP contribution is 2.16. The Kier molecular flexibility index (Phi) is 4.37. The molecule has 0 fully saturated rings. The summed E-state index contributed by atoms with van der Waals surface area (Å²) in [6.45, 7) is 0.663. The summed E-state index contributed by atoms with van der Waals surface area (Å²) in [5.41, 5.74) is 1.17. The van der Waals surface area contributed by atoms with E-state index in [1.807, 2.05) is 19.2 Å². The fourth-order valence-corrected chi connectivity index (χ4v) is 2.31. The van der Waals surface area contributed by atoms with Crippen molar-refractivity contribution in [2.24, 2.45) is 0 Å². The molecule has 0 saturated carbocycles. The monoisotopic (exact) mass is 305 g/mol. The fourth-order valence-electron chi connectivity index (χ4n) is 1.97. The molecule has 94 valence electrons. The molecule has 18 heavy (non-hydrogen) atoms. The third-order valence-corrected chi connectivity index (χ3v) is 3.36. The van der Waals surface area contributed by atoms with Gasteiger partial charge in [-0.25, -0.2) is 0 Å². The van der Waals surface area contributed by atoms with Gasteiger partial charge < -0.3 is 4.90 Å². The van der Waals surface area contributed by atoms with E-state index >= 15 is 0 Å². The lowest BCUT2D eigenvalue weighted by atomic mass is 10.1. The van der Waals surface area contributed by atoms with Crippen LogP contribution in [0.3, 0.4) is 0 Å². The molecule has 0 N–H and O–H groups in total. The van der Waals surface area contributed by atoms with E-state index in [2.05, 4.69) is 46.3 Å². The number of rotatable bonds is 4. The van der Waals surface area contributed by atoms with Gasteiger partial charge in [0.15, 0.2) is 0 Å². The highest BCUT2D eigenvalue weighted by Gasteiger charge is 2.08. The standard InChI is InChI=1S/C15H16BrNO/c1-17(15(18)8-9-16)11-12-6-7-13-4-2-3-5-14(13)10-12/h2-7,10H,8-9,11H2,1H3. The minimum absolute atomic E-state index is 0.167. The molecule has 0 saturated heterocycles. The van der Waals surface area contributed by atoms with E-state index in [0.717, 1.165) is 0 Å². The van der Waals surface area contributed by atoms with Crippen molar-refractivity contribution in [1.29, 1.82) is 0 Å². The topological polar surface area (TPSA) is 20.3 Å². The zero-order valence-corrected chi connectivity index (χ0v) is 12.0. The van der Waals surface area contributed by atoms with Gasteiger partial charge in [0.2, 0.25) is 5.91 Å². The number of carbonyl (C=O) groups is 1. The van der Waals surface area contributed by atoms with Crippen molar-refractivity contribution < 1.29 is 4.79 Å². The maximum atomic E-state index is 11.7. The average Bonchev–Trinajstić information content (AvgIpc) is 2.39. The Labute approximate surface area is 116 Å². The predicted octanol–water partition coefficient (Wildman–Crippen LogP) is 3.58. The van der Waals surface area contributed by atoms with Gasteiger partial charge in [-0.05, 0) is 22.4 Å². The maximum Gasteiger partial charge on any atom is 0.223 e. The first-order chi connectivity index (χ1) is 8.70. The molecule has 0 heterocycles. The number of alkyl halides is 1. The van der Waals surface area contributed by atoms with Crippen LogP contribution in [-0.2, 0) is 11.3 Å². The molecule has 0 aliphatic heterocycles. The summed E-state index contributed by atoms with van der Waals surface area (Å²) in [7, 11) is 1.85. The second-order valence-electron chi connectivity index (χ2n) is 4.37. The summed E-state index contributed by atoms with van der Waals surface area (Å²) >= 11 is 3.29. The average molecular weight is 306 g/mol. The molecule has 0 unspecified atom stereocenters. The maximum absolute atomic E-state index is 11.7. The van der Waals surface area contributed by atoms with Gasteiger partial charge in [0.1, 0.15) is 0 Å². The highest BCUT2D eigenvalue weighted by atomic mass is 79.9. The Morgan fingerprint density at radius 2 is 1.89 bits per heavy atom. The van der Waals surface area contributed by atoms with Crippen LogP contribution in [0.15, 0.2) is 42.5 Å². The van der Waals surface area contributed by atoms with Crippen LogP contribution in [0.1, 0.15) is 12.0 Å². The predicted molar refractivity (Wildman–Crippen MR) is 78.8 cm³/mol. The molecule has 2 rings (SSSR count). The molecular weight excluding hydrogens is 290 g/mol. The van der Waals surface area contributed by atoms with E-state index in [1.165, 1.54) is 16.3 Å². The van der Waals surface area contributed by atoms with Crippen LogP contribution < -0.4 is 0 Å². The van der Waals surface area contributed by atoms with E-state index < -0.39 is 0 Å². The zero-order chi connectivity index (χ0) is 13.0. The van der Waals surface area contributed by atoms with Crippen LogP contribution in [0.25, 0.3) is 10.8 Å². The number of hydrogen-bond donors (Lipinski definition) is 0. The number of benzene rings is 2. The molecule has 0 bridgehead atoms. The summed E-state index contributed by atoms with van der Waals surface area (Å²) in [6, 6.07) is 14.6. The summed E-state index contributed by atoms with van der Waals surface area (Å²) in [6.07, 6.45) is 0.546. The first kappa shape index (κ1) is 13.1. The molecular formula is C15H16BrNO. The molecule has 0 atom stereocenters. The third kappa shape index (κ3) is 3.10. The van der Waals surface area contributed by atoms with Gasteiger partial charge in [0.25, 0.3) is 0 Å². The second-order valence-corrected chi connectivity index (χ2v) is 5.16. The Morgan fingerprint density at radius 3 is 2.61 bits per heavy atom. The number of halogens is 1. The van der Waals surface area contributed by atoms with Gasteiger partial charge >= 0.3 is 0 Å². The summed E-state index contributed by atoms with van der Waals surface area (Å²) in [5.74, 6) is 0.167. The minimum atomic E-state index is 0.167. The third-order valence-electron chi connectivity index (χ3n) is 2.97. The van der Waals surface area contributed by atoms with Gasteiger partial charge in [-0.3, -0.25) is 4.79 Å². The van der Waals surface area contributed by atoms with Crippen molar-refractivity contribution in [1.82, 2.24) is 4.90 Å². The van der Waals surface area contributed by atoms with Crippen LogP contribution in [-0.4, -0.2) is 23.2 Å². The minimum Gasteiger partial charge on any atom is -0.341 e. The molecule has 0 radical (unpaired) electrons. The Bertz CT molecular complexity index is 553. The number of hydrogen-bond acceptors (Lipinski definition) is 1. The van der Waals surface area contributed by atoms with E-state index in [0.29, 0.717) is 18.3 Å². The van der Waals surface area contributed by atoms with Crippen LogP contribution in [0, 0.1) is 0 Å². The van der Waals surface area contributed by atoms with Crippen LogP contribution in [0.2, 0.25) is 0 Å². The van der Waals surface area contributed by atoms with E-state index in [1.54, 1.807) is 4.90 Å². The van der Waals surface area contributed by atoms with Gasteiger partial charge in [0, 0.05) is 25.3 Å². The zero-order valence-electron chi connectivity index (χ0n) is 10.4. The van der Waals surface area contributed by atoms with Crippen molar-refractivity contribution in [3.8, 4) is 0 Å². The summed E-state index contributed by atoms with van der Waals surface area (Å²) < 4.78 is 0. The number of amides is 1. The molecule has 0 spiro atoms. The second kappa shape index (κ2) is 6.01. The Morgan fingerprint density at radius 1 is 1.17 bits per heavy atom. The SMILES string of the molecule is CN(Cc1ccc2ccccc2c1)C(=O)CCBr. The normalized spacial score (nSPS) is 10.6. The first-order valence-corrected chi connectivity index (χ1v) is 7.10. The fraction of sp³-hybridized carbons (Fsp3) is 0.267. The number of nitrogens with zero attached hydrogens (tertiary/aromatic N) is 1.